The van der Waals surface area contributed by atoms with Crippen LogP contribution in [0.2, 0.25) is 0 Å². The summed E-state index contributed by atoms with van der Waals surface area (Å²) >= 11 is 2.49. The summed E-state index contributed by atoms with van der Waals surface area (Å²) in [5.74, 6) is 0. The predicted molar refractivity (Wildman–Crippen MR) is 63.5 cm³/mol. The van der Waals surface area contributed by atoms with E-state index in [4.69, 9.17) is 4.74 Å². The Morgan fingerprint density at radius 2 is 2.27 bits per heavy atom. The molecule has 1 amide bonds. The third-order valence-corrected chi connectivity index (χ3v) is 2.54. The lowest BCUT2D eigenvalue weighted by molar-refractivity contribution is 0.136. The maximum Gasteiger partial charge on any atom is 0.446 e. The predicted octanol–water partition coefficient (Wildman–Crippen LogP) is 1.51. The van der Waals surface area contributed by atoms with Gasteiger partial charge in [-0.3, -0.25) is 4.84 Å². The minimum atomic E-state index is -0.544. The standard InChI is InChI=1S/C7H15N3O3S2/c1-6(14-4)9-13-7(11)10(2)15-8-5-12-3/h8H,5H2,1-4H3. The molecular formula is C7H15N3O3S2. The highest BCUT2D eigenvalue weighted by Gasteiger charge is 2.10. The van der Waals surface area contributed by atoms with Gasteiger partial charge < -0.3 is 4.74 Å². The van der Waals surface area contributed by atoms with Gasteiger partial charge in [0.1, 0.15) is 11.8 Å². The molecule has 0 aromatic carbocycles. The van der Waals surface area contributed by atoms with Gasteiger partial charge in [-0.25, -0.2) is 13.8 Å². The smallest absolute Gasteiger partial charge is 0.369 e. The first-order chi connectivity index (χ1) is 7.11. The molecule has 0 aliphatic rings. The van der Waals surface area contributed by atoms with Gasteiger partial charge in [-0.05, 0) is 13.2 Å². The van der Waals surface area contributed by atoms with E-state index in [1.165, 1.54) is 16.1 Å². The fourth-order valence-electron chi connectivity index (χ4n) is 0.417. The summed E-state index contributed by atoms with van der Waals surface area (Å²) in [6, 6.07) is 0. The number of carbonyl (C=O) groups is 1. The molecule has 0 atom stereocenters. The fourth-order valence-corrected chi connectivity index (χ4v) is 1.00. The van der Waals surface area contributed by atoms with Gasteiger partial charge in [-0.15, -0.1) is 11.8 Å². The van der Waals surface area contributed by atoms with E-state index in [-0.39, 0.29) is 0 Å². The Hall–Kier alpha value is -0.440. The van der Waals surface area contributed by atoms with Crippen molar-refractivity contribution in [3.05, 3.63) is 0 Å². The van der Waals surface area contributed by atoms with E-state index in [0.717, 1.165) is 12.1 Å². The van der Waals surface area contributed by atoms with Crippen LogP contribution in [0.1, 0.15) is 6.92 Å². The first kappa shape index (κ1) is 14.6. The highest BCUT2D eigenvalue weighted by molar-refractivity contribution is 8.13. The summed E-state index contributed by atoms with van der Waals surface area (Å²) in [7, 11) is 3.12. The minimum Gasteiger partial charge on any atom is -0.369 e. The number of nitrogens with zero attached hydrogens (tertiary/aromatic N) is 2. The van der Waals surface area contributed by atoms with Crippen LogP contribution in [-0.4, -0.2) is 42.6 Å². The van der Waals surface area contributed by atoms with Gasteiger partial charge in [0.25, 0.3) is 0 Å². The molecule has 0 spiro atoms. The van der Waals surface area contributed by atoms with E-state index in [1.54, 1.807) is 21.1 Å². The van der Waals surface area contributed by atoms with Gasteiger partial charge >= 0.3 is 6.09 Å². The molecule has 0 bridgehead atoms. The number of nitrogens with one attached hydrogen (secondary N) is 1. The van der Waals surface area contributed by atoms with Gasteiger partial charge in [0.15, 0.2) is 0 Å². The topological polar surface area (TPSA) is 63.2 Å². The van der Waals surface area contributed by atoms with Crippen molar-refractivity contribution in [2.24, 2.45) is 5.16 Å². The summed E-state index contributed by atoms with van der Waals surface area (Å²) in [5.41, 5.74) is 0. The average Bonchev–Trinajstić information content (AvgIpc) is 2.25. The Balaban J connectivity index is 3.79. The van der Waals surface area contributed by atoms with Crippen LogP contribution in [0.3, 0.4) is 0 Å². The zero-order chi connectivity index (χ0) is 11.7. The molecule has 0 fully saturated rings. The number of thioether (sulfide) groups is 1. The Bertz CT molecular complexity index is 226. The van der Waals surface area contributed by atoms with Crippen molar-refractivity contribution in [1.29, 1.82) is 0 Å². The van der Waals surface area contributed by atoms with Gasteiger partial charge in [-0.2, -0.15) is 0 Å². The highest BCUT2D eigenvalue weighted by atomic mass is 32.2. The van der Waals surface area contributed by atoms with E-state index < -0.39 is 6.09 Å². The lowest BCUT2D eigenvalue weighted by Gasteiger charge is -2.12. The number of ether oxygens (including phenoxy) is 1. The molecule has 8 heteroatoms. The second-order valence-electron chi connectivity index (χ2n) is 2.34. The highest BCUT2D eigenvalue weighted by Crippen LogP contribution is 2.05. The molecule has 0 aliphatic carbocycles. The van der Waals surface area contributed by atoms with Gasteiger partial charge in [0.2, 0.25) is 0 Å². The normalized spacial score (nSPS) is 11.3. The molecule has 0 aromatic rings. The number of oxime groups is 1. The summed E-state index contributed by atoms with van der Waals surface area (Å²) in [6.45, 7) is 2.10. The van der Waals surface area contributed by atoms with Crippen molar-refractivity contribution in [3.8, 4) is 0 Å². The maximum absolute atomic E-state index is 11.2. The molecular weight excluding hydrogens is 238 g/mol. The number of hydrogen-bond acceptors (Lipinski definition) is 7. The van der Waals surface area contributed by atoms with Gasteiger partial charge in [0, 0.05) is 26.3 Å². The zero-order valence-corrected chi connectivity index (χ0v) is 10.8. The number of rotatable bonds is 5. The van der Waals surface area contributed by atoms with Crippen LogP contribution in [-0.2, 0) is 9.57 Å². The van der Waals surface area contributed by atoms with Crippen molar-refractivity contribution in [2.45, 2.75) is 6.92 Å². The molecule has 88 valence electrons. The van der Waals surface area contributed by atoms with Crippen LogP contribution in [0.5, 0.6) is 0 Å². The summed E-state index contributed by atoms with van der Waals surface area (Å²) in [6.07, 6.45) is 1.31. The lowest BCUT2D eigenvalue weighted by atomic mass is 10.9. The molecule has 0 rings (SSSR count). The fraction of sp³-hybridized carbons (Fsp3) is 0.714. The number of amides is 1. The molecule has 0 unspecified atom stereocenters. The number of methoxy groups -OCH3 is 1. The van der Waals surface area contributed by atoms with Crippen LogP contribution in [0, 0.1) is 0 Å². The van der Waals surface area contributed by atoms with Crippen molar-refractivity contribution >= 4 is 35.0 Å². The van der Waals surface area contributed by atoms with Crippen molar-refractivity contribution in [2.75, 3.05) is 27.1 Å². The van der Waals surface area contributed by atoms with Crippen LogP contribution in [0.25, 0.3) is 0 Å². The summed E-state index contributed by atoms with van der Waals surface area (Å²) in [4.78, 5) is 15.9. The van der Waals surface area contributed by atoms with E-state index in [1.807, 2.05) is 6.26 Å². The minimum absolute atomic E-state index is 0.343. The Morgan fingerprint density at radius 3 is 2.80 bits per heavy atom. The average molecular weight is 253 g/mol. The molecule has 0 saturated carbocycles. The van der Waals surface area contributed by atoms with E-state index >= 15 is 0 Å². The Morgan fingerprint density at radius 1 is 1.60 bits per heavy atom. The molecule has 0 radical (unpaired) electrons. The summed E-state index contributed by atoms with van der Waals surface area (Å²) in [5, 5.41) is 4.29. The van der Waals surface area contributed by atoms with E-state index in [9.17, 15) is 4.79 Å². The molecule has 0 aromatic heterocycles. The Labute approximate surface area is 98.0 Å². The Kier molecular flexibility index (Phi) is 8.58. The largest absolute Gasteiger partial charge is 0.446 e. The van der Waals surface area contributed by atoms with Crippen molar-refractivity contribution < 1.29 is 14.4 Å². The van der Waals surface area contributed by atoms with Crippen LogP contribution in [0.4, 0.5) is 4.79 Å². The van der Waals surface area contributed by atoms with Crippen LogP contribution >= 0.6 is 23.9 Å². The maximum atomic E-state index is 11.2. The van der Waals surface area contributed by atoms with Crippen molar-refractivity contribution in [3.63, 3.8) is 0 Å². The summed E-state index contributed by atoms with van der Waals surface area (Å²) < 4.78 is 8.80. The second kappa shape index (κ2) is 8.84. The molecule has 15 heavy (non-hydrogen) atoms. The molecule has 6 nitrogen and oxygen atoms in total. The van der Waals surface area contributed by atoms with Crippen molar-refractivity contribution in [1.82, 2.24) is 9.03 Å². The van der Waals surface area contributed by atoms with Gasteiger partial charge in [0.05, 0.1) is 0 Å². The quantitative estimate of drug-likeness (QED) is 0.152. The zero-order valence-electron chi connectivity index (χ0n) is 9.14. The van der Waals surface area contributed by atoms with E-state index in [0.29, 0.717) is 11.8 Å². The van der Waals surface area contributed by atoms with E-state index in [2.05, 4.69) is 14.7 Å². The first-order valence-corrected chi connectivity index (χ1v) is 6.03. The molecule has 1 N–H and O–H groups in total. The third kappa shape index (κ3) is 7.48. The SMILES string of the molecule is COCNSN(C)C(=O)ON=C(C)SC. The molecule has 0 heterocycles. The number of hydrogen-bond donors (Lipinski definition) is 1. The lowest BCUT2D eigenvalue weighted by Crippen LogP contribution is -2.24. The van der Waals surface area contributed by atoms with Crippen LogP contribution in [0.15, 0.2) is 5.16 Å². The monoisotopic (exact) mass is 253 g/mol. The number of carbonyl (C=O) groups excluding carboxylic acids is 1. The third-order valence-electron chi connectivity index (χ3n) is 1.21. The first-order valence-electron chi connectivity index (χ1n) is 4.03. The molecule has 0 saturated heterocycles. The molecule has 0 aliphatic heterocycles. The van der Waals surface area contributed by atoms with Gasteiger partial charge in [-0.1, -0.05) is 5.16 Å². The van der Waals surface area contributed by atoms with Crippen LogP contribution < -0.4 is 4.72 Å². The second-order valence-corrected chi connectivity index (χ2v) is 4.36.